The van der Waals surface area contributed by atoms with Crippen LogP contribution in [-0.4, -0.2) is 22.2 Å². The maximum atomic E-state index is 11.2. The van der Waals surface area contributed by atoms with Gasteiger partial charge in [-0.05, 0) is 36.5 Å². The first-order valence-corrected chi connectivity index (χ1v) is 7.59. The van der Waals surface area contributed by atoms with Crippen LogP contribution in [-0.2, 0) is 6.42 Å². The molecule has 21 heavy (non-hydrogen) atoms. The highest BCUT2D eigenvalue weighted by Crippen LogP contribution is 2.21. The number of unbranched alkanes of at least 4 members (excludes halogenated alkanes) is 1. The lowest BCUT2D eigenvalue weighted by atomic mass is 9.91. The molecule has 0 aromatic heterocycles. The molecule has 1 atom stereocenters. The van der Waals surface area contributed by atoms with Crippen LogP contribution in [0.25, 0.3) is 0 Å². The molecule has 0 bridgehead atoms. The van der Waals surface area contributed by atoms with E-state index < -0.39 is 11.9 Å². The summed E-state index contributed by atoms with van der Waals surface area (Å²) >= 11 is 0. The van der Waals surface area contributed by atoms with E-state index in [1.807, 2.05) is 0 Å². The lowest BCUT2D eigenvalue weighted by Gasteiger charge is -2.14. The molecular weight excluding hydrogens is 268 g/mol. The van der Waals surface area contributed by atoms with Crippen LogP contribution in [0, 0.1) is 5.92 Å². The minimum atomic E-state index is -1.20. The Morgan fingerprint density at radius 1 is 1.05 bits per heavy atom. The number of carboxylic acids is 2. The second kappa shape index (κ2) is 8.45. The van der Waals surface area contributed by atoms with E-state index in [0.717, 1.165) is 24.8 Å². The Labute approximate surface area is 125 Å². The number of benzene rings is 1. The highest BCUT2D eigenvalue weighted by Gasteiger charge is 2.16. The fourth-order valence-corrected chi connectivity index (χ4v) is 2.53. The van der Waals surface area contributed by atoms with Gasteiger partial charge in [0, 0.05) is 0 Å². The van der Waals surface area contributed by atoms with Crippen LogP contribution < -0.4 is 0 Å². The molecule has 0 fully saturated rings. The van der Waals surface area contributed by atoms with Crippen LogP contribution in [0.5, 0.6) is 0 Å². The van der Waals surface area contributed by atoms with Gasteiger partial charge in [-0.25, -0.2) is 9.59 Å². The molecule has 1 aromatic rings. The second-order valence-electron chi connectivity index (χ2n) is 5.45. The van der Waals surface area contributed by atoms with Crippen LogP contribution in [0.15, 0.2) is 18.2 Å². The predicted octanol–water partition coefficient (Wildman–Crippen LogP) is 4.23. The summed E-state index contributed by atoms with van der Waals surface area (Å²) in [5.74, 6) is -1.74. The molecule has 1 rings (SSSR count). The maximum absolute atomic E-state index is 11.2. The highest BCUT2D eigenvalue weighted by atomic mass is 16.4. The monoisotopic (exact) mass is 292 g/mol. The number of hydrogen-bond donors (Lipinski definition) is 2. The first-order valence-electron chi connectivity index (χ1n) is 7.59. The van der Waals surface area contributed by atoms with Crippen molar-refractivity contribution in [1.82, 2.24) is 0 Å². The fourth-order valence-electron chi connectivity index (χ4n) is 2.53. The van der Waals surface area contributed by atoms with Crippen molar-refractivity contribution < 1.29 is 19.8 Å². The van der Waals surface area contributed by atoms with Crippen molar-refractivity contribution in [2.24, 2.45) is 5.92 Å². The van der Waals surface area contributed by atoms with Crippen LogP contribution in [0.4, 0.5) is 0 Å². The molecule has 4 nitrogen and oxygen atoms in total. The van der Waals surface area contributed by atoms with Gasteiger partial charge in [-0.3, -0.25) is 0 Å². The van der Waals surface area contributed by atoms with Gasteiger partial charge < -0.3 is 10.2 Å². The largest absolute Gasteiger partial charge is 0.478 e. The maximum Gasteiger partial charge on any atom is 0.336 e. The van der Waals surface area contributed by atoms with Gasteiger partial charge in [0.25, 0.3) is 0 Å². The van der Waals surface area contributed by atoms with E-state index in [1.165, 1.54) is 31.4 Å². The molecule has 0 saturated heterocycles. The smallest absolute Gasteiger partial charge is 0.336 e. The summed E-state index contributed by atoms with van der Waals surface area (Å²) < 4.78 is 0. The number of aryl methyl sites for hydroxylation is 1. The SMILES string of the molecule is CCCCC(CC)CCc1ccc(C(=O)O)c(C(=O)O)c1. The lowest BCUT2D eigenvalue weighted by Crippen LogP contribution is -2.09. The summed E-state index contributed by atoms with van der Waals surface area (Å²) in [6.07, 6.45) is 6.54. The third kappa shape index (κ3) is 5.21. The molecule has 0 aliphatic heterocycles. The van der Waals surface area contributed by atoms with Crippen molar-refractivity contribution in [2.45, 2.75) is 52.4 Å². The molecule has 0 spiro atoms. The Hall–Kier alpha value is -1.84. The van der Waals surface area contributed by atoms with Gasteiger partial charge in [-0.1, -0.05) is 45.6 Å². The van der Waals surface area contributed by atoms with Crippen LogP contribution >= 0.6 is 0 Å². The zero-order valence-corrected chi connectivity index (χ0v) is 12.8. The van der Waals surface area contributed by atoms with E-state index in [-0.39, 0.29) is 11.1 Å². The Bertz CT molecular complexity index is 494. The summed E-state index contributed by atoms with van der Waals surface area (Å²) in [6, 6.07) is 4.62. The van der Waals surface area contributed by atoms with Crippen molar-refractivity contribution in [3.05, 3.63) is 34.9 Å². The average Bonchev–Trinajstić information content (AvgIpc) is 2.47. The minimum absolute atomic E-state index is 0.124. The molecule has 1 unspecified atom stereocenters. The number of aromatic carboxylic acids is 2. The van der Waals surface area contributed by atoms with Gasteiger partial charge in [0.05, 0.1) is 11.1 Å². The summed E-state index contributed by atoms with van der Waals surface area (Å²) in [7, 11) is 0. The van der Waals surface area contributed by atoms with E-state index in [9.17, 15) is 9.59 Å². The van der Waals surface area contributed by atoms with E-state index in [1.54, 1.807) is 6.07 Å². The van der Waals surface area contributed by atoms with E-state index in [2.05, 4.69) is 13.8 Å². The van der Waals surface area contributed by atoms with Gasteiger partial charge in [0.1, 0.15) is 0 Å². The number of rotatable bonds is 9. The normalized spacial score (nSPS) is 12.1. The highest BCUT2D eigenvalue weighted by molar-refractivity contribution is 6.01. The molecule has 2 N–H and O–H groups in total. The van der Waals surface area contributed by atoms with Crippen LogP contribution in [0.1, 0.15) is 72.2 Å². The van der Waals surface area contributed by atoms with E-state index in [4.69, 9.17) is 10.2 Å². The zero-order chi connectivity index (χ0) is 15.8. The van der Waals surface area contributed by atoms with Crippen LogP contribution in [0.3, 0.4) is 0 Å². The Balaban J connectivity index is 2.78. The number of carbonyl (C=O) groups is 2. The average molecular weight is 292 g/mol. The van der Waals surface area contributed by atoms with E-state index >= 15 is 0 Å². The van der Waals surface area contributed by atoms with Crippen molar-refractivity contribution in [2.75, 3.05) is 0 Å². The molecule has 0 amide bonds. The molecule has 1 aromatic carbocycles. The quantitative estimate of drug-likeness (QED) is 0.714. The number of carboxylic acid groups (broad SMARTS) is 2. The lowest BCUT2D eigenvalue weighted by molar-refractivity contribution is 0.0651. The molecule has 0 heterocycles. The van der Waals surface area contributed by atoms with Gasteiger partial charge in [0.2, 0.25) is 0 Å². The summed E-state index contributed by atoms with van der Waals surface area (Å²) in [4.78, 5) is 22.2. The Morgan fingerprint density at radius 2 is 1.71 bits per heavy atom. The first kappa shape index (κ1) is 17.2. The summed E-state index contributed by atoms with van der Waals surface area (Å²) in [6.45, 7) is 4.35. The molecule has 0 aliphatic carbocycles. The number of hydrogen-bond acceptors (Lipinski definition) is 2. The molecule has 0 saturated carbocycles. The van der Waals surface area contributed by atoms with Gasteiger partial charge in [-0.2, -0.15) is 0 Å². The second-order valence-corrected chi connectivity index (χ2v) is 5.45. The molecular formula is C17H24O4. The van der Waals surface area contributed by atoms with E-state index in [0.29, 0.717) is 5.92 Å². The van der Waals surface area contributed by atoms with Crippen molar-refractivity contribution in [3.8, 4) is 0 Å². The molecule has 0 aliphatic rings. The molecule has 0 radical (unpaired) electrons. The minimum Gasteiger partial charge on any atom is -0.478 e. The standard InChI is InChI=1S/C17H24O4/c1-3-5-6-12(4-2)7-8-13-9-10-14(16(18)19)15(11-13)17(20)21/h9-12H,3-8H2,1-2H3,(H,18,19)(H,20,21). The molecule has 4 heteroatoms. The topological polar surface area (TPSA) is 74.6 Å². The Kier molecular flexibility index (Phi) is 6.92. The fraction of sp³-hybridized carbons (Fsp3) is 0.529. The van der Waals surface area contributed by atoms with Gasteiger partial charge >= 0.3 is 11.9 Å². The third-order valence-electron chi connectivity index (χ3n) is 3.93. The first-order chi connectivity index (χ1) is 9.99. The third-order valence-corrected chi connectivity index (χ3v) is 3.93. The van der Waals surface area contributed by atoms with Crippen molar-refractivity contribution in [1.29, 1.82) is 0 Å². The zero-order valence-electron chi connectivity index (χ0n) is 12.8. The van der Waals surface area contributed by atoms with Gasteiger partial charge in [-0.15, -0.1) is 0 Å². The van der Waals surface area contributed by atoms with Crippen LogP contribution in [0.2, 0.25) is 0 Å². The van der Waals surface area contributed by atoms with Crippen molar-refractivity contribution in [3.63, 3.8) is 0 Å². The van der Waals surface area contributed by atoms with Crippen molar-refractivity contribution >= 4 is 11.9 Å². The Morgan fingerprint density at radius 3 is 2.24 bits per heavy atom. The van der Waals surface area contributed by atoms with Gasteiger partial charge in [0.15, 0.2) is 0 Å². The summed E-state index contributed by atoms with van der Waals surface area (Å²) in [5, 5.41) is 18.1. The summed E-state index contributed by atoms with van der Waals surface area (Å²) in [5.41, 5.74) is 0.623. The molecule has 116 valence electrons. The predicted molar refractivity (Wildman–Crippen MR) is 82.0 cm³/mol.